The number of rotatable bonds is 4. The van der Waals surface area contributed by atoms with Crippen molar-refractivity contribution in [3.63, 3.8) is 0 Å². The van der Waals surface area contributed by atoms with Crippen LogP contribution in [0.1, 0.15) is 22.5 Å². The van der Waals surface area contributed by atoms with Crippen LogP contribution in [-0.2, 0) is 4.79 Å². The first-order chi connectivity index (χ1) is 14.2. The van der Waals surface area contributed by atoms with Crippen molar-refractivity contribution in [1.29, 1.82) is 5.26 Å². The van der Waals surface area contributed by atoms with E-state index < -0.39 is 5.91 Å². The molecule has 30 heavy (non-hydrogen) atoms. The number of nitrogens with one attached hydrogen (secondary N) is 1. The van der Waals surface area contributed by atoms with Crippen LogP contribution in [-0.4, -0.2) is 10.5 Å². The summed E-state index contributed by atoms with van der Waals surface area (Å²) in [4.78, 5) is 12.7. The summed E-state index contributed by atoms with van der Waals surface area (Å²) in [6, 6.07) is 14.5. The highest BCUT2D eigenvalue weighted by Gasteiger charge is 2.16. The molecule has 0 atom stereocenters. The van der Waals surface area contributed by atoms with E-state index in [0.29, 0.717) is 20.8 Å². The van der Waals surface area contributed by atoms with Crippen molar-refractivity contribution in [3.05, 3.63) is 85.6 Å². The number of halogens is 3. The van der Waals surface area contributed by atoms with E-state index in [1.54, 1.807) is 37.3 Å². The molecule has 0 fully saturated rings. The summed E-state index contributed by atoms with van der Waals surface area (Å²) in [5.74, 6) is -0.506. The lowest BCUT2D eigenvalue weighted by Crippen LogP contribution is -2.14. The molecule has 2 aromatic carbocycles. The molecule has 0 saturated heterocycles. The molecule has 1 heterocycles. The number of carbonyl (C=O) groups excluding carboxylic acids is 1. The van der Waals surface area contributed by atoms with Crippen LogP contribution in [0.2, 0.25) is 15.1 Å². The minimum absolute atomic E-state index is 0.0215. The third kappa shape index (κ3) is 4.24. The number of aryl methyl sites for hydroxylation is 1. The van der Waals surface area contributed by atoms with Gasteiger partial charge in [0.2, 0.25) is 0 Å². The maximum Gasteiger partial charge on any atom is 0.266 e. The first-order valence-electron chi connectivity index (χ1n) is 9.06. The van der Waals surface area contributed by atoms with Crippen LogP contribution >= 0.6 is 34.8 Å². The third-order valence-electron chi connectivity index (χ3n) is 4.82. The Bertz CT molecular complexity index is 1220. The quantitative estimate of drug-likeness (QED) is 0.341. The Morgan fingerprint density at radius 2 is 1.73 bits per heavy atom. The van der Waals surface area contributed by atoms with Crippen LogP contribution in [0.5, 0.6) is 0 Å². The van der Waals surface area contributed by atoms with Gasteiger partial charge in [0.1, 0.15) is 11.6 Å². The minimum atomic E-state index is -0.506. The molecule has 3 aromatic rings. The molecule has 0 aliphatic rings. The molecular weight excluding hydrogens is 441 g/mol. The second-order valence-electron chi connectivity index (χ2n) is 6.77. The predicted molar refractivity (Wildman–Crippen MR) is 124 cm³/mol. The molecule has 0 aliphatic carbocycles. The molecule has 1 N–H and O–H groups in total. The summed E-state index contributed by atoms with van der Waals surface area (Å²) in [6.07, 6.45) is 1.56. The Labute approximate surface area is 190 Å². The van der Waals surface area contributed by atoms with Gasteiger partial charge in [0.05, 0.1) is 15.7 Å². The monoisotopic (exact) mass is 457 g/mol. The van der Waals surface area contributed by atoms with E-state index in [1.165, 1.54) is 0 Å². The van der Waals surface area contributed by atoms with Gasteiger partial charge < -0.3 is 9.88 Å². The first-order valence-corrected chi connectivity index (χ1v) is 10.2. The molecule has 0 radical (unpaired) electrons. The highest BCUT2D eigenvalue weighted by atomic mass is 35.5. The number of hydrogen-bond acceptors (Lipinski definition) is 2. The highest BCUT2D eigenvalue weighted by Crippen LogP contribution is 2.32. The summed E-state index contributed by atoms with van der Waals surface area (Å²) < 4.78 is 1.94. The Balaban J connectivity index is 1.99. The third-order valence-corrected chi connectivity index (χ3v) is 6.04. The molecule has 3 rings (SSSR count). The number of carbonyl (C=O) groups is 1. The van der Waals surface area contributed by atoms with Crippen molar-refractivity contribution in [2.45, 2.75) is 20.8 Å². The van der Waals surface area contributed by atoms with E-state index in [0.717, 1.165) is 28.2 Å². The van der Waals surface area contributed by atoms with Crippen LogP contribution in [0.15, 0.2) is 48.0 Å². The zero-order chi connectivity index (χ0) is 22.0. The fraction of sp³-hybridized carbons (Fsp3) is 0.130. The molecule has 1 amide bonds. The van der Waals surface area contributed by atoms with Gasteiger partial charge in [-0.1, -0.05) is 46.9 Å². The van der Waals surface area contributed by atoms with Crippen LogP contribution in [0.3, 0.4) is 0 Å². The minimum Gasteiger partial charge on any atom is -0.321 e. The van der Waals surface area contributed by atoms with Crippen molar-refractivity contribution in [3.8, 4) is 11.8 Å². The van der Waals surface area contributed by atoms with Crippen LogP contribution in [0.4, 0.5) is 5.69 Å². The van der Waals surface area contributed by atoms with Gasteiger partial charge >= 0.3 is 0 Å². The number of benzene rings is 2. The molecule has 1 aromatic heterocycles. The van der Waals surface area contributed by atoms with Crippen LogP contribution < -0.4 is 5.32 Å². The molecule has 152 valence electrons. The van der Waals surface area contributed by atoms with Gasteiger partial charge in [0.15, 0.2) is 0 Å². The Morgan fingerprint density at radius 1 is 1.07 bits per heavy atom. The second kappa shape index (κ2) is 8.97. The van der Waals surface area contributed by atoms with Gasteiger partial charge in [-0.05, 0) is 68.3 Å². The zero-order valence-electron chi connectivity index (χ0n) is 16.6. The lowest BCUT2D eigenvalue weighted by atomic mass is 10.1. The molecule has 4 nitrogen and oxygen atoms in total. The fourth-order valence-electron chi connectivity index (χ4n) is 3.21. The van der Waals surface area contributed by atoms with E-state index in [4.69, 9.17) is 34.8 Å². The van der Waals surface area contributed by atoms with Gasteiger partial charge in [-0.25, -0.2) is 0 Å². The number of aromatic nitrogens is 1. The maximum absolute atomic E-state index is 12.7. The van der Waals surface area contributed by atoms with Gasteiger partial charge in [-0.15, -0.1) is 0 Å². The van der Waals surface area contributed by atoms with E-state index in [2.05, 4.69) is 5.32 Å². The van der Waals surface area contributed by atoms with Crippen molar-refractivity contribution in [2.75, 3.05) is 5.32 Å². The standard InChI is InChI=1S/C23H18Cl3N3O/c1-13-10-16(15(3)29(13)21-9-5-7-19(25)22(21)26)11-17(12-27)23(30)28-20-8-4-6-18(24)14(20)2/h4-11H,1-3H3,(H,28,30)/b17-11-. The summed E-state index contributed by atoms with van der Waals surface area (Å²) in [6.45, 7) is 5.61. The largest absolute Gasteiger partial charge is 0.321 e. The average Bonchev–Trinajstić information content (AvgIpc) is 2.98. The van der Waals surface area contributed by atoms with Gasteiger partial charge in [0.25, 0.3) is 5.91 Å². The van der Waals surface area contributed by atoms with E-state index in [9.17, 15) is 10.1 Å². The molecule has 0 saturated carbocycles. The molecule has 0 unspecified atom stereocenters. The molecule has 7 heteroatoms. The van der Waals surface area contributed by atoms with Crippen molar-refractivity contribution in [1.82, 2.24) is 4.57 Å². The van der Waals surface area contributed by atoms with Gasteiger partial charge in [0, 0.05) is 22.1 Å². The maximum atomic E-state index is 12.7. The Kier molecular flexibility index (Phi) is 6.58. The normalized spacial score (nSPS) is 11.3. The molecule has 0 aliphatic heterocycles. The smallest absolute Gasteiger partial charge is 0.266 e. The van der Waals surface area contributed by atoms with Crippen molar-refractivity contribution in [2.24, 2.45) is 0 Å². The molecule has 0 bridgehead atoms. The number of amides is 1. The van der Waals surface area contributed by atoms with E-state index in [1.807, 2.05) is 42.7 Å². The van der Waals surface area contributed by atoms with Crippen molar-refractivity contribution < 1.29 is 4.79 Å². The summed E-state index contributed by atoms with van der Waals surface area (Å²) >= 11 is 18.7. The second-order valence-corrected chi connectivity index (χ2v) is 7.96. The Hall–Kier alpha value is -2.71. The van der Waals surface area contributed by atoms with Crippen LogP contribution in [0, 0.1) is 32.1 Å². The van der Waals surface area contributed by atoms with Crippen LogP contribution in [0.25, 0.3) is 11.8 Å². The Morgan fingerprint density at radius 3 is 2.43 bits per heavy atom. The van der Waals surface area contributed by atoms with Crippen molar-refractivity contribution >= 4 is 52.5 Å². The zero-order valence-corrected chi connectivity index (χ0v) is 18.8. The number of nitrogens with zero attached hydrogens (tertiary/aromatic N) is 2. The lowest BCUT2D eigenvalue weighted by molar-refractivity contribution is -0.112. The first kappa shape index (κ1) is 22.0. The topological polar surface area (TPSA) is 57.8 Å². The molecular formula is C23H18Cl3N3O. The number of nitriles is 1. The van der Waals surface area contributed by atoms with E-state index in [-0.39, 0.29) is 5.57 Å². The van der Waals surface area contributed by atoms with Gasteiger partial charge in [-0.3, -0.25) is 4.79 Å². The van der Waals surface area contributed by atoms with Gasteiger partial charge in [-0.2, -0.15) is 5.26 Å². The lowest BCUT2D eigenvalue weighted by Gasteiger charge is -2.12. The highest BCUT2D eigenvalue weighted by molar-refractivity contribution is 6.43. The SMILES string of the molecule is Cc1c(Cl)cccc1NC(=O)/C(C#N)=C\c1cc(C)n(-c2cccc(Cl)c2Cl)c1C. The molecule has 0 spiro atoms. The average molecular weight is 459 g/mol. The predicted octanol–water partition coefficient (Wildman–Crippen LogP) is 6.91. The number of hydrogen-bond donors (Lipinski definition) is 1. The summed E-state index contributed by atoms with van der Waals surface area (Å²) in [5.41, 5.74) is 4.46. The summed E-state index contributed by atoms with van der Waals surface area (Å²) in [7, 11) is 0. The fourth-order valence-corrected chi connectivity index (χ4v) is 3.76. The summed E-state index contributed by atoms with van der Waals surface area (Å²) in [5, 5.41) is 13.8. The number of anilines is 1. The van der Waals surface area contributed by atoms with E-state index >= 15 is 0 Å².